The molecule has 3 rings (SSSR count). The highest BCUT2D eigenvalue weighted by molar-refractivity contribution is 6.82. The first-order valence-corrected chi connectivity index (χ1v) is 13.7. The Morgan fingerprint density at radius 2 is 1.27 bits per heavy atom. The van der Waals surface area contributed by atoms with Gasteiger partial charge in [-0.15, -0.1) is 0 Å². The Balaban J connectivity index is 2.22. The van der Waals surface area contributed by atoms with Gasteiger partial charge in [0, 0.05) is 5.69 Å². The van der Waals surface area contributed by atoms with E-state index in [-0.39, 0.29) is 18.3 Å². The first-order chi connectivity index (χ1) is 13.8. The number of nitrogens with zero attached hydrogens (tertiary/aromatic N) is 1. The Morgan fingerprint density at radius 1 is 0.800 bits per heavy atom. The maximum atomic E-state index is 6.43. The van der Waals surface area contributed by atoms with E-state index in [0.717, 1.165) is 5.46 Å². The van der Waals surface area contributed by atoms with Crippen LogP contribution in [0.4, 0.5) is 0 Å². The summed E-state index contributed by atoms with van der Waals surface area (Å²) in [6.07, 6.45) is 2.36. The summed E-state index contributed by atoms with van der Waals surface area (Å²) in [6.45, 7) is 23.0. The molecule has 164 valence electrons. The normalized spacial score (nSPS) is 18.8. The van der Waals surface area contributed by atoms with Crippen molar-refractivity contribution in [3.63, 3.8) is 0 Å². The monoisotopic (exact) mass is 425 g/mol. The molecule has 0 bridgehead atoms. The van der Waals surface area contributed by atoms with Crippen LogP contribution in [0.15, 0.2) is 42.6 Å². The molecular formula is C25H40BNO2Si. The summed E-state index contributed by atoms with van der Waals surface area (Å²) in [5.74, 6) is 0. The van der Waals surface area contributed by atoms with E-state index in [1.54, 1.807) is 0 Å². The van der Waals surface area contributed by atoms with E-state index in [4.69, 9.17) is 9.31 Å². The standard InChI is InChI=1S/C25H40BNO2Si/c1-18(2)30(19(3)4,20(5)6)27-17-22(16-23(27)21-14-12-11-13-15-21)26-28-24(7,8)25(9,10)29-26/h11-20H,1-10H3. The number of aromatic nitrogens is 1. The van der Waals surface area contributed by atoms with Crippen molar-refractivity contribution in [3.05, 3.63) is 42.6 Å². The van der Waals surface area contributed by atoms with Gasteiger partial charge >= 0.3 is 7.12 Å². The third-order valence-electron chi connectivity index (χ3n) is 7.63. The van der Waals surface area contributed by atoms with Gasteiger partial charge in [0.1, 0.15) is 0 Å². The van der Waals surface area contributed by atoms with Gasteiger partial charge in [0.25, 0.3) is 0 Å². The van der Waals surface area contributed by atoms with Crippen LogP contribution >= 0.6 is 0 Å². The van der Waals surface area contributed by atoms with Crippen LogP contribution in [0.1, 0.15) is 69.2 Å². The van der Waals surface area contributed by atoms with Gasteiger partial charge in [-0.25, -0.2) is 0 Å². The summed E-state index contributed by atoms with van der Waals surface area (Å²) in [5.41, 5.74) is 4.84. The summed E-state index contributed by atoms with van der Waals surface area (Å²) in [6, 6.07) is 13.1. The first kappa shape index (κ1) is 23.4. The number of hydrogen-bond acceptors (Lipinski definition) is 2. The van der Waals surface area contributed by atoms with E-state index in [0.29, 0.717) is 16.6 Å². The SMILES string of the molecule is CC(C)[Si](C(C)C)(C(C)C)n1cc(B2OC(C)(C)C(C)(C)O2)cc1-c1ccccc1. The quantitative estimate of drug-likeness (QED) is 0.495. The van der Waals surface area contributed by atoms with Crippen LogP contribution in [-0.4, -0.2) is 30.8 Å². The van der Waals surface area contributed by atoms with Crippen LogP contribution in [0.2, 0.25) is 16.6 Å². The summed E-state index contributed by atoms with van der Waals surface area (Å²) in [7, 11) is -2.26. The topological polar surface area (TPSA) is 23.4 Å². The van der Waals surface area contributed by atoms with E-state index in [9.17, 15) is 0 Å². The van der Waals surface area contributed by atoms with E-state index >= 15 is 0 Å². The third kappa shape index (κ3) is 3.63. The first-order valence-electron chi connectivity index (χ1n) is 11.5. The minimum Gasteiger partial charge on any atom is -0.399 e. The molecule has 2 heterocycles. The molecule has 1 aliphatic heterocycles. The summed E-state index contributed by atoms with van der Waals surface area (Å²) < 4.78 is 15.5. The summed E-state index contributed by atoms with van der Waals surface area (Å²) in [4.78, 5) is 0. The van der Waals surface area contributed by atoms with Gasteiger partial charge in [-0.2, -0.15) is 0 Å². The second-order valence-electron chi connectivity index (χ2n) is 10.8. The Labute approximate surface area is 185 Å². The molecule has 0 amide bonds. The molecule has 2 aromatic rings. The van der Waals surface area contributed by atoms with Crippen molar-refractivity contribution in [2.24, 2.45) is 0 Å². The van der Waals surface area contributed by atoms with Crippen LogP contribution in [0, 0.1) is 0 Å². The minimum absolute atomic E-state index is 0.336. The molecule has 1 aliphatic rings. The Kier molecular flexibility index (Phi) is 6.23. The Hall–Kier alpha value is -1.30. The fourth-order valence-electron chi connectivity index (χ4n) is 5.58. The van der Waals surface area contributed by atoms with Crippen LogP contribution in [0.3, 0.4) is 0 Å². The fraction of sp³-hybridized carbons (Fsp3) is 0.600. The van der Waals surface area contributed by atoms with Crippen LogP contribution < -0.4 is 5.46 Å². The highest BCUT2D eigenvalue weighted by Crippen LogP contribution is 2.45. The molecule has 0 unspecified atom stereocenters. The molecule has 1 fully saturated rings. The summed E-state index contributed by atoms with van der Waals surface area (Å²) in [5, 5.41) is 0. The van der Waals surface area contributed by atoms with Gasteiger partial charge in [0.2, 0.25) is 0 Å². The molecule has 0 spiro atoms. The maximum absolute atomic E-state index is 6.43. The van der Waals surface area contributed by atoms with Gasteiger partial charge < -0.3 is 13.5 Å². The van der Waals surface area contributed by atoms with Crippen molar-refractivity contribution in [2.45, 2.75) is 97.1 Å². The average Bonchev–Trinajstić information content (AvgIpc) is 3.14. The number of hydrogen-bond donors (Lipinski definition) is 0. The molecule has 0 radical (unpaired) electrons. The number of rotatable bonds is 6. The number of benzene rings is 1. The molecule has 3 nitrogen and oxygen atoms in total. The lowest BCUT2D eigenvalue weighted by Gasteiger charge is -2.45. The zero-order valence-electron chi connectivity index (χ0n) is 20.6. The zero-order valence-corrected chi connectivity index (χ0v) is 21.6. The third-order valence-corrected chi connectivity index (χ3v) is 14.4. The second kappa shape index (κ2) is 8.00. The van der Waals surface area contributed by atoms with Crippen molar-refractivity contribution >= 4 is 20.8 Å². The molecule has 30 heavy (non-hydrogen) atoms. The van der Waals surface area contributed by atoms with Crippen molar-refractivity contribution in [1.29, 1.82) is 0 Å². The van der Waals surface area contributed by atoms with Gasteiger partial charge in [0.15, 0.2) is 8.24 Å². The average molecular weight is 425 g/mol. The largest absolute Gasteiger partial charge is 0.496 e. The van der Waals surface area contributed by atoms with Crippen LogP contribution in [0.5, 0.6) is 0 Å². The molecule has 0 N–H and O–H groups in total. The lowest BCUT2D eigenvalue weighted by molar-refractivity contribution is 0.00578. The molecule has 0 aliphatic carbocycles. The zero-order chi connectivity index (χ0) is 22.5. The molecule has 1 aromatic carbocycles. The molecule has 0 saturated carbocycles. The van der Waals surface area contributed by atoms with E-state index in [2.05, 4.69) is 116 Å². The van der Waals surface area contributed by atoms with E-state index < -0.39 is 8.24 Å². The molecular weight excluding hydrogens is 385 g/mol. The fourth-order valence-corrected chi connectivity index (χ4v) is 12.2. The van der Waals surface area contributed by atoms with Crippen molar-refractivity contribution in [3.8, 4) is 11.3 Å². The van der Waals surface area contributed by atoms with Crippen LogP contribution in [0.25, 0.3) is 11.3 Å². The Morgan fingerprint density at radius 3 is 1.70 bits per heavy atom. The van der Waals surface area contributed by atoms with Gasteiger partial charge in [0.05, 0.1) is 11.2 Å². The highest BCUT2D eigenvalue weighted by atomic mass is 28.3. The lowest BCUT2D eigenvalue weighted by Crippen LogP contribution is -2.52. The molecule has 1 aromatic heterocycles. The van der Waals surface area contributed by atoms with Crippen molar-refractivity contribution in [1.82, 2.24) is 4.23 Å². The predicted molar refractivity (Wildman–Crippen MR) is 132 cm³/mol. The highest BCUT2D eigenvalue weighted by Gasteiger charge is 2.53. The second-order valence-corrected chi connectivity index (χ2v) is 16.6. The van der Waals surface area contributed by atoms with Crippen molar-refractivity contribution < 1.29 is 9.31 Å². The van der Waals surface area contributed by atoms with Crippen LogP contribution in [-0.2, 0) is 9.31 Å². The van der Waals surface area contributed by atoms with Gasteiger partial charge in [-0.3, -0.25) is 0 Å². The smallest absolute Gasteiger partial charge is 0.399 e. The van der Waals surface area contributed by atoms with E-state index in [1.165, 1.54) is 11.3 Å². The molecule has 0 atom stereocenters. The predicted octanol–water partition coefficient (Wildman–Crippen LogP) is 6.48. The summed E-state index contributed by atoms with van der Waals surface area (Å²) >= 11 is 0. The van der Waals surface area contributed by atoms with Crippen molar-refractivity contribution in [2.75, 3.05) is 0 Å². The minimum atomic E-state index is -1.93. The molecule has 1 saturated heterocycles. The molecule has 5 heteroatoms. The maximum Gasteiger partial charge on any atom is 0.496 e. The van der Waals surface area contributed by atoms with Gasteiger partial charge in [-0.05, 0) is 67.6 Å². The van der Waals surface area contributed by atoms with Gasteiger partial charge in [-0.1, -0.05) is 71.9 Å². The Bertz CT molecular complexity index is 833. The van der Waals surface area contributed by atoms with E-state index in [1.807, 2.05) is 0 Å². The lowest BCUT2D eigenvalue weighted by atomic mass is 9.81.